The number of nitrogens with zero attached hydrogens (tertiary/aromatic N) is 1. The van der Waals surface area contributed by atoms with E-state index in [0.717, 1.165) is 44.4 Å². The van der Waals surface area contributed by atoms with Crippen molar-refractivity contribution in [1.82, 2.24) is 10.2 Å². The van der Waals surface area contributed by atoms with E-state index < -0.39 is 0 Å². The molecular formula is C12H20N2O. The van der Waals surface area contributed by atoms with Crippen molar-refractivity contribution in [3.8, 4) is 0 Å². The maximum absolute atomic E-state index is 12.2. The van der Waals surface area contributed by atoms with Gasteiger partial charge in [-0.25, -0.2) is 0 Å². The second-order valence-electron chi connectivity index (χ2n) is 5.38. The smallest absolute Gasteiger partial charge is 0.227 e. The number of nitrogens with one attached hydrogen (secondary N) is 1. The lowest BCUT2D eigenvalue weighted by Crippen LogP contribution is -2.35. The van der Waals surface area contributed by atoms with Crippen LogP contribution in [0.5, 0.6) is 0 Å². The Morgan fingerprint density at radius 2 is 1.87 bits per heavy atom. The van der Waals surface area contributed by atoms with E-state index >= 15 is 0 Å². The van der Waals surface area contributed by atoms with Gasteiger partial charge in [-0.1, -0.05) is 6.42 Å². The molecule has 0 bridgehead atoms. The lowest BCUT2D eigenvalue weighted by Gasteiger charge is -2.20. The summed E-state index contributed by atoms with van der Waals surface area (Å²) in [6.45, 7) is 4.04. The Morgan fingerprint density at radius 1 is 1.13 bits per heavy atom. The van der Waals surface area contributed by atoms with Crippen LogP contribution in [-0.2, 0) is 4.79 Å². The minimum Gasteiger partial charge on any atom is -0.342 e. The zero-order chi connectivity index (χ0) is 10.3. The van der Waals surface area contributed by atoms with Crippen LogP contribution in [0.1, 0.15) is 25.7 Å². The van der Waals surface area contributed by atoms with Gasteiger partial charge in [0, 0.05) is 19.6 Å². The van der Waals surface area contributed by atoms with Gasteiger partial charge in [0.05, 0.1) is 5.92 Å². The van der Waals surface area contributed by atoms with Gasteiger partial charge >= 0.3 is 0 Å². The van der Waals surface area contributed by atoms with Gasteiger partial charge in [-0.15, -0.1) is 0 Å². The highest BCUT2D eigenvalue weighted by Crippen LogP contribution is 2.38. The summed E-state index contributed by atoms with van der Waals surface area (Å²) < 4.78 is 0. The first-order valence-electron chi connectivity index (χ1n) is 6.34. The van der Waals surface area contributed by atoms with Crippen LogP contribution in [0.2, 0.25) is 0 Å². The van der Waals surface area contributed by atoms with Crippen molar-refractivity contribution in [3.63, 3.8) is 0 Å². The fourth-order valence-electron chi connectivity index (χ4n) is 3.54. The summed E-state index contributed by atoms with van der Waals surface area (Å²) in [7, 11) is 0. The summed E-state index contributed by atoms with van der Waals surface area (Å²) in [6, 6.07) is 0. The number of rotatable bonds is 1. The van der Waals surface area contributed by atoms with E-state index in [4.69, 9.17) is 0 Å². The summed E-state index contributed by atoms with van der Waals surface area (Å²) in [6.07, 6.45) is 5.15. The molecule has 3 atom stereocenters. The molecule has 0 spiro atoms. The van der Waals surface area contributed by atoms with Crippen LogP contribution in [0.15, 0.2) is 0 Å². The van der Waals surface area contributed by atoms with Gasteiger partial charge in [0.15, 0.2) is 0 Å². The largest absolute Gasteiger partial charge is 0.342 e. The van der Waals surface area contributed by atoms with Gasteiger partial charge in [0.2, 0.25) is 5.91 Å². The second-order valence-corrected chi connectivity index (χ2v) is 5.38. The van der Waals surface area contributed by atoms with E-state index in [0.29, 0.717) is 5.91 Å². The normalized spacial score (nSPS) is 39.7. The average Bonchev–Trinajstić information content (AvgIpc) is 2.92. The third-order valence-corrected chi connectivity index (χ3v) is 4.45. The van der Waals surface area contributed by atoms with Gasteiger partial charge in [0.25, 0.3) is 0 Å². The predicted molar refractivity (Wildman–Crippen MR) is 58.4 cm³/mol. The molecule has 3 rings (SSSR count). The molecule has 2 aliphatic heterocycles. The molecule has 0 aromatic carbocycles. The van der Waals surface area contributed by atoms with E-state index in [-0.39, 0.29) is 5.92 Å². The van der Waals surface area contributed by atoms with Crippen LogP contribution >= 0.6 is 0 Å². The number of amides is 1. The molecule has 1 saturated carbocycles. The zero-order valence-corrected chi connectivity index (χ0v) is 9.24. The monoisotopic (exact) mass is 208 g/mol. The van der Waals surface area contributed by atoms with Gasteiger partial charge in [-0.3, -0.25) is 4.79 Å². The molecule has 1 aliphatic carbocycles. The molecule has 3 nitrogen and oxygen atoms in total. The van der Waals surface area contributed by atoms with Crippen LogP contribution in [0, 0.1) is 17.8 Å². The van der Waals surface area contributed by atoms with Crippen molar-refractivity contribution >= 4 is 5.91 Å². The number of fused-ring (bicyclic) bond motifs is 1. The second kappa shape index (κ2) is 3.78. The lowest BCUT2D eigenvalue weighted by molar-refractivity contribution is -0.134. The summed E-state index contributed by atoms with van der Waals surface area (Å²) >= 11 is 0. The fourth-order valence-corrected chi connectivity index (χ4v) is 3.54. The van der Waals surface area contributed by atoms with Crippen LogP contribution < -0.4 is 5.32 Å². The van der Waals surface area contributed by atoms with E-state index in [9.17, 15) is 4.79 Å². The Morgan fingerprint density at radius 3 is 2.47 bits per heavy atom. The SMILES string of the molecule is O=C([C@@H]1CCNC1)N1CC2CCCC2C1. The molecule has 3 heteroatoms. The first-order chi connectivity index (χ1) is 7.34. The molecule has 0 aromatic heterocycles. The Balaban J connectivity index is 1.61. The number of hydrogen-bond donors (Lipinski definition) is 1. The zero-order valence-electron chi connectivity index (χ0n) is 9.24. The quantitative estimate of drug-likeness (QED) is 0.693. The summed E-state index contributed by atoms with van der Waals surface area (Å²) in [4.78, 5) is 14.3. The van der Waals surface area contributed by atoms with Crippen LogP contribution in [-0.4, -0.2) is 37.0 Å². The van der Waals surface area contributed by atoms with E-state index in [2.05, 4.69) is 10.2 Å². The maximum atomic E-state index is 12.2. The van der Waals surface area contributed by atoms with E-state index in [1.54, 1.807) is 0 Å². The first-order valence-corrected chi connectivity index (χ1v) is 6.34. The van der Waals surface area contributed by atoms with Crippen LogP contribution in [0.3, 0.4) is 0 Å². The Labute approximate surface area is 91.2 Å². The Hall–Kier alpha value is -0.570. The van der Waals surface area contributed by atoms with Gasteiger partial charge in [-0.05, 0) is 37.6 Å². The first kappa shape index (κ1) is 9.64. The van der Waals surface area contributed by atoms with Crippen molar-refractivity contribution in [3.05, 3.63) is 0 Å². The molecule has 0 radical (unpaired) electrons. The highest BCUT2D eigenvalue weighted by Gasteiger charge is 2.39. The molecule has 2 heterocycles. The minimum absolute atomic E-state index is 0.281. The van der Waals surface area contributed by atoms with E-state index in [1.165, 1.54) is 19.3 Å². The van der Waals surface area contributed by atoms with Gasteiger partial charge in [-0.2, -0.15) is 0 Å². The standard InChI is InChI=1S/C12H20N2O/c15-12(9-4-5-13-6-9)14-7-10-2-1-3-11(10)8-14/h9-11,13H,1-8H2/t9-,10?,11?/m1/s1. The predicted octanol–water partition coefficient (Wildman–Crippen LogP) is 0.854. The van der Waals surface area contributed by atoms with Crippen molar-refractivity contribution in [2.75, 3.05) is 26.2 Å². The third kappa shape index (κ3) is 1.67. The number of likely N-dealkylation sites (tertiary alicyclic amines) is 1. The van der Waals surface area contributed by atoms with E-state index in [1.807, 2.05) is 0 Å². The Bertz CT molecular complexity index is 248. The molecule has 1 N–H and O–H groups in total. The minimum atomic E-state index is 0.281. The third-order valence-electron chi connectivity index (χ3n) is 4.45. The molecule has 2 unspecified atom stereocenters. The molecular weight excluding hydrogens is 188 g/mol. The molecule has 84 valence electrons. The maximum Gasteiger partial charge on any atom is 0.227 e. The van der Waals surface area contributed by atoms with Crippen molar-refractivity contribution in [2.24, 2.45) is 17.8 Å². The number of carbonyl (C=O) groups is 1. The van der Waals surface area contributed by atoms with Crippen LogP contribution in [0.4, 0.5) is 0 Å². The van der Waals surface area contributed by atoms with Crippen LogP contribution in [0.25, 0.3) is 0 Å². The lowest BCUT2D eigenvalue weighted by atomic mass is 10.0. The summed E-state index contributed by atoms with van der Waals surface area (Å²) in [5, 5.41) is 3.28. The molecule has 3 fully saturated rings. The van der Waals surface area contributed by atoms with Crippen molar-refractivity contribution in [2.45, 2.75) is 25.7 Å². The number of hydrogen-bond acceptors (Lipinski definition) is 2. The Kier molecular flexibility index (Phi) is 2.43. The molecule has 15 heavy (non-hydrogen) atoms. The average molecular weight is 208 g/mol. The number of carbonyl (C=O) groups excluding carboxylic acids is 1. The molecule has 0 aromatic rings. The molecule has 2 saturated heterocycles. The highest BCUT2D eigenvalue weighted by molar-refractivity contribution is 5.79. The summed E-state index contributed by atoms with van der Waals surface area (Å²) in [5.74, 6) is 2.38. The molecule has 1 amide bonds. The fraction of sp³-hybridized carbons (Fsp3) is 0.917. The molecule has 3 aliphatic rings. The van der Waals surface area contributed by atoms with Crippen molar-refractivity contribution < 1.29 is 4.79 Å². The summed E-state index contributed by atoms with van der Waals surface area (Å²) in [5.41, 5.74) is 0. The van der Waals surface area contributed by atoms with Crippen molar-refractivity contribution in [1.29, 1.82) is 0 Å². The topological polar surface area (TPSA) is 32.3 Å². The highest BCUT2D eigenvalue weighted by atomic mass is 16.2. The van der Waals surface area contributed by atoms with Gasteiger partial charge < -0.3 is 10.2 Å². The van der Waals surface area contributed by atoms with Gasteiger partial charge in [0.1, 0.15) is 0 Å².